The summed E-state index contributed by atoms with van der Waals surface area (Å²) in [7, 11) is 2.08. The number of para-hydroxylation sites is 1. The minimum atomic E-state index is 0.660. The van der Waals surface area contributed by atoms with Crippen molar-refractivity contribution in [3.63, 3.8) is 0 Å². The summed E-state index contributed by atoms with van der Waals surface area (Å²) >= 11 is 5.63. The second-order valence-corrected chi connectivity index (χ2v) is 6.51. The van der Waals surface area contributed by atoms with E-state index in [4.69, 9.17) is 12.2 Å². The average Bonchev–Trinajstić information content (AvgIpc) is 2.84. The van der Waals surface area contributed by atoms with Crippen LogP contribution in [0, 0.1) is 18.6 Å². The Morgan fingerprint density at radius 3 is 2.33 bits per heavy atom. The Labute approximate surface area is 148 Å². The maximum atomic E-state index is 5.63. The number of nitrogens with zero attached hydrogens (tertiary/aromatic N) is 4. The van der Waals surface area contributed by atoms with Crippen LogP contribution in [-0.2, 0) is 13.2 Å². The van der Waals surface area contributed by atoms with Gasteiger partial charge < -0.3 is 0 Å². The highest BCUT2D eigenvalue weighted by Gasteiger charge is 2.10. The molecule has 0 unspecified atom stereocenters. The molecule has 24 heavy (non-hydrogen) atoms. The fourth-order valence-corrected chi connectivity index (χ4v) is 3.10. The average molecular weight is 338 g/mol. The Morgan fingerprint density at radius 2 is 1.67 bits per heavy atom. The summed E-state index contributed by atoms with van der Waals surface area (Å²) in [5.74, 6) is 0.898. The molecule has 4 nitrogen and oxygen atoms in total. The molecule has 3 rings (SSSR count). The van der Waals surface area contributed by atoms with Crippen molar-refractivity contribution < 1.29 is 0 Å². The lowest BCUT2D eigenvalue weighted by Crippen LogP contribution is -2.22. The molecular formula is C19H22N4S. The largest absolute Gasteiger partial charge is 0.283 e. The number of hydrogen-bond donors (Lipinski definition) is 0. The molecule has 0 N–H and O–H groups in total. The normalized spacial score (nSPS) is 11.2. The van der Waals surface area contributed by atoms with Crippen molar-refractivity contribution in [1.82, 2.24) is 19.2 Å². The summed E-state index contributed by atoms with van der Waals surface area (Å²) in [6, 6.07) is 18.7. The van der Waals surface area contributed by atoms with Gasteiger partial charge in [-0.15, -0.1) is 0 Å². The summed E-state index contributed by atoms with van der Waals surface area (Å²) < 4.78 is 4.61. The Bertz CT molecular complexity index is 863. The number of aromatic nitrogens is 3. The Kier molecular flexibility index (Phi) is 4.92. The minimum absolute atomic E-state index is 0.660. The molecule has 1 heterocycles. The Balaban J connectivity index is 1.78. The van der Waals surface area contributed by atoms with Crippen LogP contribution in [-0.4, -0.2) is 26.3 Å². The van der Waals surface area contributed by atoms with Crippen molar-refractivity contribution in [2.75, 3.05) is 7.05 Å². The molecule has 0 fully saturated rings. The van der Waals surface area contributed by atoms with E-state index in [1.165, 1.54) is 11.1 Å². The van der Waals surface area contributed by atoms with E-state index in [1.807, 2.05) is 46.5 Å². The van der Waals surface area contributed by atoms with E-state index < -0.39 is 0 Å². The molecule has 1 aromatic heterocycles. The predicted molar refractivity (Wildman–Crippen MR) is 99.8 cm³/mol. The lowest BCUT2D eigenvalue weighted by Gasteiger charge is -2.16. The first-order chi connectivity index (χ1) is 11.5. The zero-order chi connectivity index (χ0) is 17.1. The SMILES string of the molecule is Cc1ccc(CN(C)Cn2nc(C)n(-c3ccccc3)c2=S)cc1. The van der Waals surface area contributed by atoms with E-state index >= 15 is 0 Å². The molecule has 5 heteroatoms. The number of benzene rings is 2. The van der Waals surface area contributed by atoms with Crippen LogP contribution in [0.2, 0.25) is 0 Å². The molecule has 2 aromatic carbocycles. The highest BCUT2D eigenvalue weighted by molar-refractivity contribution is 7.71. The van der Waals surface area contributed by atoms with Gasteiger partial charge in [0.05, 0.1) is 6.67 Å². The van der Waals surface area contributed by atoms with Gasteiger partial charge in [0.1, 0.15) is 5.82 Å². The van der Waals surface area contributed by atoms with Crippen LogP contribution >= 0.6 is 12.2 Å². The molecule has 0 aliphatic heterocycles. The van der Waals surface area contributed by atoms with E-state index in [1.54, 1.807) is 0 Å². The van der Waals surface area contributed by atoms with Gasteiger partial charge in [-0.05, 0) is 50.8 Å². The fourth-order valence-electron chi connectivity index (χ4n) is 2.77. The molecule has 0 atom stereocenters. The third kappa shape index (κ3) is 3.63. The first kappa shape index (κ1) is 16.6. The third-order valence-corrected chi connectivity index (χ3v) is 4.36. The molecule has 0 aliphatic rings. The molecule has 0 radical (unpaired) electrons. The van der Waals surface area contributed by atoms with Gasteiger partial charge in [-0.3, -0.25) is 9.47 Å². The van der Waals surface area contributed by atoms with Gasteiger partial charge in [0, 0.05) is 12.2 Å². The molecule has 0 saturated heterocycles. The van der Waals surface area contributed by atoms with Crippen LogP contribution in [0.3, 0.4) is 0 Å². The molecule has 124 valence electrons. The summed E-state index contributed by atoms with van der Waals surface area (Å²) in [6.45, 7) is 5.61. The second-order valence-electron chi connectivity index (χ2n) is 6.14. The van der Waals surface area contributed by atoms with Gasteiger partial charge in [-0.2, -0.15) is 5.10 Å². The number of rotatable bonds is 5. The van der Waals surface area contributed by atoms with E-state index in [9.17, 15) is 0 Å². The molecule has 0 amide bonds. The van der Waals surface area contributed by atoms with Crippen molar-refractivity contribution in [3.8, 4) is 5.69 Å². The highest BCUT2D eigenvalue weighted by atomic mass is 32.1. The van der Waals surface area contributed by atoms with E-state index in [0.29, 0.717) is 6.67 Å². The maximum Gasteiger partial charge on any atom is 0.203 e. The summed E-state index contributed by atoms with van der Waals surface area (Å²) in [6.07, 6.45) is 0. The topological polar surface area (TPSA) is 26.0 Å². The van der Waals surface area contributed by atoms with Crippen molar-refractivity contribution in [3.05, 3.63) is 76.3 Å². The smallest absolute Gasteiger partial charge is 0.203 e. The quantitative estimate of drug-likeness (QED) is 0.655. The van der Waals surface area contributed by atoms with Gasteiger partial charge in [0.15, 0.2) is 0 Å². The van der Waals surface area contributed by atoms with Crippen molar-refractivity contribution in [2.24, 2.45) is 0 Å². The van der Waals surface area contributed by atoms with E-state index in [2.05, 4.69) is 48.2 Å². The second kappa shape index (κ2) is 7.11. The van der Waals surface area contributed by atoms with E-state index in [0.717, 1.165) is 22.8 Å². The van der Waals surface area contributed by atoms with Crippen LogP contribution in [0.25, 0.3) is 5.69 Å². The first-order valence-electron chi connectivity index (χ1n) is 8.00. The van der Waals surface area contributed by atoms with Gasteiger partial charge in [-0.25, -0.2) is 4.68 Å². The van der Waals surface area contributed by atoms with Crippen LogP contribution in [0.4, 0.5) is 0 Å². The predicted octanol–water partition coefficient (Wildman–Crippen LogP) is 4.11. The number of hydrogen-bond acceptors (Lipinski definition) is 3. The fraction of sp³-hybridized carbons (Fsp3) is 0.263. The Morgan fingerprint density at radius 1 is 1.00 bits per heavy atom. The first-order valence-corrected chi connectivity index (χ1v) is 8.41. The van der Waals surface area contributed by atoms with Crippen LogP contribution in [0.5, 0.6) is 0 Å². The van der Waals surface area contributed by atoms with Gasteiger partial charge in [-0.1, -0.05) is 48.0 Å². The van der Waals surface area contributed by atoms with Gasteiger partial charge in [0.25, 0.3) is 0 Å². The van der Waals surface area contributed by atoms with Crippen molar-refractivity contribution in [2.45, 2.75) is 27.1 Å². The monoisotopic (exact) mass is 338 g/mol. The Hall–Kier alpha value is -2.24. The maximum absolute atomic E-state index is 5.63. The van der Waals surface area contributed by atoms with Crippen LogP contribution < -0.4 is 0 Å². The molecule has 0 spiro atoms. The summed E-state index contributed by atoms with van der Waals surface area (Å²) in [5.41, 5.74) is 3.61. The third-order valence-electron chi connectivity index (χ3n) is 3.96. The minimum Gasteiger partial charge on any atom is -0.283 e. The van der Waals surface area contributed by atoms with Gasteiger partial charge >= 0.3 is 0 Å². The zero-order valence-corrected chi connectivity index (χ0v) is 15.1. The number of aryl methyl sites for hydroxylation is 2. The van der Waals surface area contributed by atoms with Crippen LogP contribution in [0.15, 0.2) is 54.6 Å². The molecule has 3 aromatic rings. The van der Waals surface area contributed by atoms with Crippen molar-refractivity contribution >= 4 is 12.2 Å². The van der Waals surface area contributed by atoms with E-state index in [-0.39, 0.29) is 0 Å². The highest BCUT2D eigenvalue weighted by Crippen LogP contribution is 2.12. The van der Waals surface area contributed by atoms with Crippen LogP contribution in [0.1, 0.15) is 17.0 Å². The summed E-state index contributed by atoms with van der Waals surface area (Å²) in [5, 5.41) is 4.62. The lowest BCUT2D eigenvalue weighted by molar-refractivity contribution is 0.244. The molecule has 0 saturated carbocycles. The summed E-state index contributed by atoms with van der Waals surface area (Å²) in [4.78, 5) is 2.21. The van der Waals surface area contributed by atoms with Crippen molar-refractivity contribution in [1.29, 1.82) is 0 Å². The molecular weight excluding hydrogens is 316 g/mol. The van der Waals surface area contributed by atoms with Gasteiger partial charge in [0.2, 0.25) is 4.77 Å². The molecule has 0 aliphatic carbocycles. The standard InChI is InChI=1S/C19H22N4S/c1-15-9-11-17(12-10-15)13-21(3)14-22-19(24)23(16(2)20-22)18-7-5-4-6-8-18/h4-12H,13-14H2,1-3H3. The molecule has 0 bridgehead atoms. The zero-order valence-electron chi connectivity index (χ0n) is 14.3. The lowest BCUT2D eigenvalue weighted by atomic mass is 10.1.